The van der Waals surface area contributed by atoms with Crippen molar-refractivity contribution in [2.45, 2.75) is 25.7 Å². The maximum absolute atomic E-state index is 12.5. The molecule has 0 saturated carbocycles. The molecule has 3 rings (SSSR count). The summed E-state index contributed by atoms with van der Waals surface area (Å²) in [6, 6.07) is 15.5. The number of methoxy groups -OCH3 is 2. The van der Waals surface area contributed by atoms with E-state index in [1.807, 2.05) is 11.0 Å². The molecule has 0 radical (unpaired) electrons. The Labute approximate surface area is 178 Å². The van der Waals surface area contributed by atoms with Gasteiger partial charge in [0, 0.05) is 18.7 Å². The van der Waals surface area contributed by atoms with Gasteiger partial charge in [0.2, 0.25) is 5.91 Å². The van der Waals surface area contributed by atoms with E-state index < -0.39 is 0 Å². The zero-order valence-corrected chi connectivity index (χ0v) is 17.7. The van der Waals surface area contributed by atoms with Crippen LogP contribution in [0.25, 0.3) is 0 Å². The Morgan fingerprint density at radius 1 is 1.00 bits per heavy atom. The van der Waals surface area contributed by atoms with Crippen LogP contribution in [0.4, 0.5) is 0 Å². The molecule has 2 aromatic carbocycles. The van der Waals surface area contributed by atoms with Gasteiger partial charge in [-0.1, -0.05) is 30.3 Å². The minimum atomic E-state index is -0.304. The number of carbonyl (C=O) groups is 2. The molecular formula is C24H30N2O4. The second-order valence-corrected chi connectivity index (χ2v) is 7.60. The largest absolute Gasteiger partial charge is 0.493 e. The van der Waals surface area contributed by atoms with Gasteiger partial charge in [-0.25, -0.2) is 0 Å². The van der Waals surface area contributed by atoms with Crippen LogP contribution < -0.4 is 14.8 Å². The predicted molar refractivity (Wildman–Crippen MR) is 116 cm³/mol. The summed E-state index contributed by atoms with van der Waals surface area (Å²) in [5.74, 6) is 1.34. The third-order valence-corrected chi connectivity index (χ3v) is 5.70. The van der Waals surface area contributed by atoms with Crippen molar-refractivity contribution in [3.63, 3.8) is 0 Å². The molecule has 1 aliphatic heterocycles. The summed E-state index contributed by atoms with van der Waals surface area (Å²) in [6.07, 6.45) is 4.27. The zero-order chi connectivity index (χ0) is 21.3. The lowest BCUT2D eigenvalue weighted by Gasteiger charge is -2.32. The topological polar surface area (TPSA) is 67.9 Å². The first-order valence-electron chi connectivity index (χ1n) is 10.4. The van der Waals surface area contributed by atoms with Crippen LogP contribution >= 0.6 is 0 Å². The Hall–Kier alpha value is -3.02. The molecule has 2 amide bonds. The molecule has 0 unspecified atom stereocenters. The fourth-order valence-corrected chi connectivity index (χ4v) is 3.83. The smallest absolute Gasteiger partial charge is 0.251 e. The molecule has 0 aliphatic carbocycles. The average Bonchev–Trinajstić information content (AvgIpc) is 2.81. The van der Waals surface area contributed by atoms with Crippen molar-refractivity contribution in [1.29, 1.82) is 0 Å². The summed E-state index contributed by atoms with van der Waals surface area (Å²) < 4.78 is 10.4. The number of hydrogen-bond donors (Lipinski definition) is 1. The van der Waals surface area contributed by atoms with Gasteiger partial charge in [0.05, 0.1) is 20.8 Å². The Morgan fingerprint density at radius 2 is 1.70 bits per heavy atom. The molecule has 30 heavy (non-hydrogen) atoms. The fraction of sp³-hybridized carbons (Fsp3) is 0.417. The monoisotopic (exact) mass is 410 g/mol. The molecule has 1 saturated heterocycles. The summed E-state index contributed by atoms with van der Waals surface area (Å²) in [5.41, 5.74) is 1.80. The van der Waals surface area contributed by atoms with E-state index in [2.05, 4.69) is 29.6 Å². The number of aryl methyl sites for hydroxylation is 1. The molecule has 0 bridgehead atoms. The van der Waals surface area contributed by atoms with Crippen LogP contribution in [0.15, 0.2) is 48.5 Å². The molecule has 1 heterocycles. The first kappa shape index (κ1) is 21.7. The van der Waals surface area contributed by atoms with Crippen LogP contribution in [-0.4, -0.2) is 50.6 Å². The van der Waals surface area contributed by atoms with Crippen molar-refractivity contribution in [2.24, 2.45) is 5.92 Å². The second kappa shape index (κ2) is 10.7. The first-order chi connectivity index (χ1) is 14.6. The SMILES string of the molecule is COc1ccc(C(=O)NCC(=O)N2CCC(CCc3ccccc3)CC2)cc1OC. The summed E-state index contributed by atoms with van der Waals surface area (Å²) in [6.45, 7) is 1.51. The number of carbonyl (C=O) groups excluding carboxylic acids is 2. The molecule has 6 nitrogen and oxygen atoms in total. The Bertz CT molecular complexity index is 846. The van der Waals surface area contributed by atoms with E-state index in [0.717, 1.165) is 38.8 Å². The lowest BCUT2D eigenvalue weighted by Crippen LogP contribution is -2.44. The van der Waals surface area contributed by atoms with E-state index in [1.54, 1.807) is 25.3 Å². The van der Waals surface area contributed by atoms with Crippen LogP contribution in [-0.2, 0) is 11.2 Å². The third kappa shape index (κ3) is 5.75. The number of likely N-dealkylation sites (tertiary alicyclic amines) is 1. The number of amides is 2. The number of ether oxygens (including phenoxy) is 2. The van der Waals surface area contributed by atoms with Gasteiger partial charge >= 0.3 is 0 Å². The normalized spacial score (nSPS) is 14.3. The molecule has 2 aromatic rings. The molecule has 0 atom stereocenters. The number of rotatable bonds is 8. The predicted octanol–water partition coefficient (Wildman–Crippen LogP) is 3.31. The third-order valence-electron chi connectivity index (χ3n) is 5.70. The highest BCUT2D eigenvalue weighted by Gasteiger charge is 2.23. The van der Waals surface area contributed by atoms with Crippen LogP contribution in [0, 0.1) is 5.92 Å². The number of nitrogens with zero attached hydrogens (tertiary/aromatic N) is 1. The van der Waals surface area contributed by atoms with Crippen molar-refractivity contribution >= 4 is 11.8 Å². The molecule has 160 valence electrons. The highest BCUT2D eigenvalue weighted by molar-refractivity contribution is 5.97. The Morgan fingerprint density at radius 3 is 2.37 bits per heavy atom. The standard InChI is InChI=1S/C24H30N2O4/c1-29-21-11-10-20(16-22(21)30-2)24(28)25-17-23(27)26-14-12-19(13-15-26)9-8-18-6-4-3-5-7-18/h3-7,10-11,16,19H,8-9,12-15,17H2,1-2H3,(H,25,28). The lowest BCUT2D eigenvalue weighted by atomic mass is 9.90. The maximum Gasteiger partial charge on any atom is 0.251 e. The van der Waals surface area contributed by atoms with E-state index in [0.29, 0.717) is 23.0 Å². The molecule has 1 fully saturated rings. The zero-order valence-electron chi connectivity index (χ0n) is 17.7. The lowest BCUT2D eigenvalue weighted by molar-refractivity contribution is -0.131. The first-order valence-corrected chi connectivity index (χ1v) is 10.4. The van der Waals surface area contributed by atoms with Crippen LogP contribution in [0.5, 0.6) is 11.5 Å². The van der Waals surface area contributed by atoms with E-state index >= 15 is 0 Å². The van der Waals surface area contributed by atoms with Crippen LogP contribution in [0.2, 0.25) is 0 Å². The van der Waals surface area contributed by atoms with Crippen molar-refractivity contribution in [1.82, 2.24) is 10.2 Å². The summed E-state index contributed by atoms with van der Waals surface area (Å²) in [4.78, 5) is 26.8. The molecular weight excluding hydrogens is 380 g/mol. The van der Waals surface area contributed by atoms with Gasteiger partial charge in [0.25, 0.3) is 5.91 Å². The van der Waals surface area contributed by atoms with E-state index in [9.17, 15) is 9.59 Å². The van der Waals surface area contributed by atoms with Crippen LogP contribution in [0.1, 0.15) is 35.2 Å². The minimum Gasteiger partial charge on any atom is -0.493 e. The number of nitrogens with one attached hydrogen (secondary N) is 1. The molecule has 0 aromatic heterocycles. The average molecular weight is 411 g/mol. The van der Waals surface area contributed by atoms with Gasteiger partial charge in [0.1, 0.15) is 0 Å². The van der Waals surface area contributed by atoms with E-state index in [1.165, 1.54) is 12.7 Å². The molecule has 0 spiro atoms. The summed E-state index contributed by atoms with van der Waals surface area (Å²) in [5, 5.41) is 2.72. The van der Waals surface area contributed by atoms with E-state index in [4.69, 9.17) is 9.47 Å². The van der Waals surface area contributed by atoms with Gasteiger partial charge < -0.3 is 19.7 Å². The van der Waals surface area contributed by atoms with Gasteiger partial charge in [-0.3, -0.25) is 9.59 Å². The van der Waals surface area contributed by atoms with Crippen molar-refractivity contribution in [2.75, 3.05) is 33.9 Å². The van der Waals surface area contributed by atoms with Crippen molar-refractivity contribution in [3.8, 4) is 11.5 Å². The van der Waals surface area contributed by atoms with Crippen molar-refractivity contribution < 1.29 is 19.1 Å². The summed E-state index contributed by atoms with van der Waals surface area (Å²) >= 11 is 0. The number of benzene rings is 2. The van der Waals surface area contributed by atoms with Crippen molar-refractivity contribution in [3.05, 3.63) is 59.7 Å². The van der Waals surface area contributed by atoms with Gasteiger partial charge in [-0.15, -0.1) is 0 Å². The van der Waals surface area contributed by atoms with E-state index in [-0.39, 0.29) is 18.4 Å². The van der Waals surface area contributed by atoms with Crippen LogP contribution in [0.3, 0.4) is 0 Å². The quantitative estimate of drug-likeness (QED) is 0.725. The maximum atomic E-state index is 12.5. The minimum absolute atomic E-state index is 0.00185. The van der Waals surface area contributed by atoms with Gasteiger partial charge in [-0.05, 0) is 55.4 Å². The van der Waals surface area contributed by atoms with Gasteiger partial charge in [0.15, 0.2) is 11.5 Å². The molecule has 1 aliphatic rings. The summed E-state index contributed by atoms with van der Waals surface area (Å²) in [7, 11) is 3.06. The highest BCUT2D eigenvalue weighted by atomic mass is 16.5. The second-order valence-electron chi connectivity index (χ2n) is 7.60. The fourth-order valence-electron chi connectivity index (χ4n) is 3.83. The Kier molecular flexibility index (Phi) is 7.71. The highest BCUT2D eigenvalue weighted by Crippen LogP contribution is 2.27. The number of piperidine rings is 1. The molecule has 6 heteroatoms. The van der Waals surface area contributed by atoms with Gasteiger partial charge in [-0.2, -0.15) is 0 Å². The number of hydrogen-bond acceptors (Lipinski definition) is 4. The Balaban J connectivity index is 1.42. The molecule has 1 N–H and O–H groups in total.